The molecule has 0 aromatic carbocycles. The number of hydrogen-bond donors (Lipinski definition) is 2. The normalized spacial score (nSPS) is 16.9. The molecule has 0 aliphatic heterocycles. The van der Waals surface area contributed by atoms with Crippen molar-refractivity contribution in [2.75, 3.05) is 5.32 Å². The number of thiocarbonyl (C=S) groups is 1. The quantitative estimate of drug-likeness (QED) is 0.492. The highest BCUT2D eigenvalue weighted by Crippen LogP contribution is 2.19. The van der Waals surface area contributed by atoms with Gasteiger partial charge in [0.1, 0.15) is 0 Å². The van der Waals surface area contributed by atoms with Crippen LogP contribution in [0, 0.1) is 0 Å². The van der Waals surface area contributed by atoms with Crippen molar-refractivity contribution in [2.45, 2.75) is 44.6 Å². The van der Waals surface area contributed by atoms with Crippen molar-refractivity contribution < 1.29 is 0 Å². The van der Waals surface area contributed by atoms with E-state index in [9.17, 15) is 0 Å². The Kier molecular flexibility index (Phi) is 5.20. The molecule has 0 spiro atoms. The molecule has 1 aromatic heterocycles. The van der Waals surface area contributed by atoms with E-state index in [-0.39, 0.29) is 0 Å². The molecule has 1 fully saturated rings. The van der Waals surface area contributed by atoms with E-state index in [0.717, 1.165) is 5.69 Å². The molecule has 1 aliphatic rings. The number of anilines is 1. The number of pyridine rings is 1. The van der Waals surface area contributed by atoms with Gasteiger partial charge in [0.25, 0.3) is 0 Å². The zero-order valence-electron chi connectivity index (χ0n) is 10.3. The van der Waals surface area contributed by atoms with Crippen LogP contribution in [0.1, 0.15) is 38.5 Å². The van der Waals surface area contributed by atoms with E-state index in [1.54, 1.807) is 6.20 Å². The van der Waals surface area contributed by atoms with E-state index in [2.05, 4.69) is 15.6 Å². The third-order valence-corrected chi connectivity index (χ3v) is 3.72. The monoisotopic (exact) mass is 283 g/mol. The molecule has 0 saturated heterocycles. The molecule has 5 heteroatoms. The first-order valence-electron chi connectivity index (χ1n) is 6.44. The predicted octanol–water partition coefficient (Wildman–Crippen LogP) is 3.74. The largest absolute Gasteiger partial charge is 0.360 e. The van der Waals surface area contributed by atoms with Crippen molar-refractivity contribution in [3.8, 4) is 0 Å². The lowest BCUT2D eigenvalue weighted by Gasteiger charge is -2.19. The highest BCUT2D eigenvalue weighted by Gasteiger charge is 2.13. The summed E-state index contributed by atoms with van der Waals surface area (Å²) < 4.78 is 0. The zero-order valence-corrected chi connectivity index (χ0v) is 11.9. The van der Waals surface area contributed by atoms with Gasteiger partial charge in [0.15, 0.2) is 10.3 Å². The second kappa shape index (κ2) is 6.90. The fourth-order valence-electron chi connectivity index (χ4n) is 2.25. The first kappa shape index (κ1) is 13.6. The van der Waals surface area contributed by atoms with Crippen LogP contribution < -0.4 is 10.6 Å². The first-order valence-corrected chi connectivity index (χ1v) is 7.22. The van der Waals surface area contributed by atoms with Gasteiger partial charge in [-0.15, -0.1) is 0 Å². The Labute approximate surface area is 118 Å². The highest BCUT2D eigenvalue weighted by atomic mass is 35.5. The molecule has 1 aliphatic carbocycles. The maximum atomic E-state index is 5.98. The van der Waals surface area contributed by atoms with Gasteiger partial charge in [-0.3, -0.25) is 0 Å². The molecular weight excluding hydrogens is 266 g/mol. The fourth-order valence-corrected chi connectivity index (χ4v) is 2.69. The SMILES string of the molecule is S=C(Nc1cccnc1Cl)NC1CCCCCC1. The molecule has 0 radical (unpaired) electrons. The third kappa shape index (κ3) is 4.10. The van der Waals surface area contributed by atoms with Gasteiger partial charge in [0.05, 0.1) is 5.69 Å². The topological polar surface area (TPSA) is 37.0 Å². The molecule has 98 valence electrons. The molecule has 0 amide bonds. The summed E-state index contributed by atoms with van der Waals surface area (Å²) in [6.45, 7) is 0. The van der Waals surface area contributed by atoms with Crippen LogP contribution in [-0.4, -0.2) is 16.1 Å². The number of aromatic nitrogens is 1. The summed E-state index contributed by atoms with van der Waals surface area (Å²) in [5, 5.41) is 7.55. The van der Waals surface area contributed by atoms with E-state index in [1.807, 2.05) is 12.1 Å². The maximum Gasteiger partial charge on any atom is 0.171 e. The van der Waals surface area contributed by atoms with Crippen LogP contribution in [0.25, 0.3) is 0 Å². The van der Waals surface area contributed by atoms with E-state index in [1.165, 1.54) is 38.5 Å². The average molecular weight is 284 g/mol. The van der Waals surface area contributed by atoms with Gasteiger partial charge in [-0.05, 0) is 37.2 Å². The summed E-state index contributed by atoms with van der Waals surface area (Å²) in [5.41, 5.74) is 0.755. The lowest BCUT2D eigenvalue weighted by Crippen LogP contribution is -2.37. The summed E-state index contributed by atoms with van der Waals surface area (Å²) in [6, 6.07) is 4.20. The van der Waals surface area contributed by atoms with Crippen molar-refractivity contribution in [2.24, 2.45) is 0 Å². The molecule has 2 rings (SSSR count). The molecule has 0 unspecified atom stereocenters. The van der Waals surface area contributed by atoms with Gasteiger partial charge in [-0.25, -0.2) is 4.98 Å². The van der Waals surface area contributed by atoms with Crippen LogP contribution in [0.5, 0.6) is 0 Å². The van der Waals surface area contributed by atoms with Crippen molar-refractivity contribution >= 4 is 34.6 Å². The van der Waals surface area contributed by atoms with Crippen LogP contribution in [0.15, 0.2) is 18.3 Å². The summed E-state index contributed by atoms with van der Waals surface area (Å²) in [4.78, 5) is 4.01. The number of halogens is 1. The van der Waals surface area contributed by atoms with Crippen LogP contribution in [-0.2, 0) is 0 Å². The first-order chi connectivity index (χ1) is 8.75. The molecule has 0 atom stereocenters. The Balaban J connectivity index is 1.86. The standard InChI is InChI=1S/C13H18ClN3S/c14-12-11(8-5-9-15-12)17-13(18)16-10-6-3-1-2-4-7-10/h5,8-10H,1-4,6-7H2,(H2,16,17,18). The van der Waals surface area contributed by atoms with Gasteiger partial charge in [-0.2, -0.15) is 0 Å². The highest BCUT2D eigenvalue weighted by molar-refractivity contribution is 7.80. The van der Waals surface area contributed by atoms with Crippen LogP contribution in [0.3, 0.4) is 0 Å². The van der Waals surface area contributed by atoms with E-state index in [4.69, 9.17) is 23.8 Å². The summed E-state index contributed by atoms with van der Waals surface area (Å²) >= 11 is 11.3. The van der Waals surface area contributed by atoms with Crippen molar-refractivity contribution in [3.63, 3.8) is 0 Å². The molecular formula is C13H18ClN3S. The fraction of sp³-hybridized carbons (Fsp3) is 0.538. The van der Waals surface area contributed by atoms with Gasteiger partial charge in [0, 0.05) is 12.2 Å². The van der Waals surface area contributed by atoms with Crippen LogP contribution >= 0.6 is 23.8 Å². The van der Waals surface area contributed by atoms with Gasteiger partial charge >= 0.3 is 0 Å². The van der Waals surface area contributed by atoms with Crippen molar-refractivity contribution in [1.29, 1.82) is 0 Å². The minimum absolute atomic E-state index is 0.447. The average Bonchev–Trinajstić information content (AvgIpc) is 2.61. The Morgan fingerprint density at radius 3 is 2.67 bits per heavy atom. The molecule has 1 saturated carbocycles. The van der Waals surface area contributed by atoms with Gasteiger partial charge in [-0.1, -0.05) is 37.3 Å². The van der Waals surface area contributed by atoms with E-state index in [0.29, 0.717) is 16.3 Å². The molecule has 3 nitrogen and oxygen atoms in total. The van der Waals surface area contributed by atoms with E-state index < -0.39 is 0 Å². The Morgan fingerprint density at radius 2 is 2.00 bits per heavy atom. The molecule has 1 aromatic rings. The number of rotatable bonds is 2. The van der Waals surface area contributed by atoms with Gasteiger partial charge in [0.2, 0.25) is 0 Å². The van der Waals surface area contributed by atoms with Crippen molar-refractivity contribution in [3.05, 3.63) is 23.5 Å². The van der Waals surface area contributed by atoms with Crippen molar-refractivity contribution in [1.82, 2.24) is 10.3 Å². The third-order valence-electron chi connectivity index (χ3n) is 3.20. The Hall–Kier alpha value is -0.870. The minimum atomic E-state index is 0.447. The zero-order chi connectivity index (χ0) is 12.8. The van der Waals surface area contributed by atoms with Crippen LogP contribution in [0.2, 0.25) is 5.15 Å². The number of nitrogens with zero attached hydrogens (tertiary/aromatic N) is 1. The molecule has 18 heavy (non-hydrogen) atoms. The maximum absolute atomic E-state index is 5.98. The minimum Gasteiger partial charge on any atom is -0.360 e. The predicted molar refractivity (Wildman–Crippen MR) is 80.1 cm³/mol. The van der Waals surface area contributed by atoms with Gasteiger partial charge < -0.3 is 10.6 Å². The summed E-state index contributed by atoms with van der Waals surface area (Å²) in [5.74, 6) is 0. The lowest BCUT2D eigenvalue weighted by molar-refractivity contribution is 0.535. The van der Waals surface area contributed by atoms with E-state index >= 15 is 0 Å². The molecule has 2 N–H and O–H groups in total. The molecule has 0 bridgehead atoms. The smallest absolute Gasteiger partial charge is 0.171 e. The Bertz CT molecular complexity index is 403. The molecule has 1 heterocycles. The van der Waals surface area contributed by atoms with Crippen LogP contribution in [0.4, 0.5) is 5.69 Å². The second-order valence-electron chi connectivity index (χ2n) is 4.63. The summed E-state index contributed by atoms with van der Waals surface area (Å²) in [7, 11) is 0. The number of nitrogens with one attached hydrogen (secondary N) is 2. The second-order valence-corrected chi connectivity index (χ2v) is 5.39. The lowest BCUT2D eigenvalue weighted by atomic mass is 10.1. The number of hydrogen-bond acceptors (Lipinski definition) is 2. The summed E-state index contributed by atoms with van der Waals surface area (Å²) in [6.07, 6.45) is 9.31. The Morgan fingerprint density at radius 1 is 1.28 bits per heavy atom.